The summed E-state index contributed by atoms with van der Waals surface area (Å²) < 4.78 is 34.6. The van der Waals surface area contributed by atoms with E-state index in [9.17, 15) is 8.78 Å². The van der Waals surface area contributed by atoms with Gasteiger partial charge in [-0.25, -0.2) is 0 Å². The van der Waals surface area contributed by atoms with Crippen LogP contribution in [0.4, 0.5) is 8.78 Å². The fraction of sp³-hybridized carbons (Fsp3) is 0.600. The van der Waals surface area contributed by atoms with Crippen molar-refractivity contribution >= 4 is 0 Å². The third-order valence-corrected chi connectivity index (χ3v) is 3.01. The van der Waals surface area contributed by atoms with Crippen LogP contribution in [0.2, 0.25) is 0 Å². The molecule has 0 fully saturated rings. The van der Waals surface area contributed by atoms with Gasteiger partial charge in [-0.1, -0.05) is 12.1 Å². The van der Waals surface area contributed by atoms with Crippen molar-refractivity contribution in [1.82, 2.24) is 10.2 Å². The molecule has 21 heavy (non-hydrogen) atoms. The maximum Gasteiger partial charge on any atom is 0.387 e. The zero-order valence-electron chi connectivity index (χ0n) is 12.9. The molecular weight excluding hydrogens is 278 g/mol. The van der Waals surface area contributed by atoms with E-state index in [1.54, 1.807) is 18.2 Å². The predicted molar refractivity (Wildman–Crippen MR) is 79.1 cm³/mol. The van der Waals surface area contributed by atoms with Gasteiger partial charge >= 0.3 is 6.61 Å². The van der Waals surface area contributed by atoms with Crippen molar-refractivity contribution in [2.45, 2.75) is 26.0 Å². The number of hydrogen-bond donors (Lipinski definition) is 1. The molecule has 0 heterocycles. The Labute approximate surface area is 125 Å². The van der Waals surface area contributed by atoms with Gasteiger partial charge in [0.05, 0.1) is 7.11 Å². The van der Waals surface area contributed by atoms with Gasteiger partial charge in [-0.3, -0.25) is 0 Å². The molecule has 0 aliphatic rings. The summed E-state index contributed by atoms with van der Waals surface area (Å²) in [5.74, 6) is 0.429. The first-order valence-corrected chi connectivity index (χ1v) is 7.00. The number of unbranched alkanes of at least 4 members (excludes halogenated alkanes) is 1. The first kappa shape index (κ1) is 17.7. The topological polar surface area (TPSA) is 33.7 Å². The van der Waals surface area contributed by atoms with E-state index >= 15 is 0 Å². The smallest absolute Gasteiger partial charge is 0.387 e. The first-order valence-electron chi connectivity index (χ1n) is 7.00. The van der Waals surface area contributed by atoms with Gasteiger partial charge in [-0.05, 0) is 46.1 Å². The molecule has 0 unspecified atom stereocenters. The Balaban J connectivity index is 2.50. The minimum Gasteiger partial charge on any atom is -0.493 e. The number of hydrogen-bond acceptors (Lipinski definition) is 4. The van der Waals surface area contributed by atoms with E-state index in [0.29, 0.717) is 17.9 Å². The minimum atomic E-state index is -2.86. The first-order chi connectivity index (χ1) is 10.0. The molecule has 4 nitrogen and oxygen atoms in total. The zero-order valence-corrected chi connectivity index (χ0v) is 12.9. The van der Waals surface area contributed by atoms with Gasteiger partial charge < -0.3 is 19.7 Å². The van der Waals surface area contributed by atoms with Crippen LogP contribution < -0.4 is 14.8 Å². The molecule has 120 valence electrons. The Bertz CT molecular complexity index is 415. The molecule has 6 heteroatoms. The number of alkyl halides is 2. The van der Waals surface area contributed by atoms with Crippen LogP contribution in [0.15, 0.2) is 18.2 Å². The highest BCUT2D eigenvalue weighted by molar-refractivity contribution is 5.46. The standard InChI is InChI=1S/C15H24F2N2O2/c1-19(2)10-5-4-9-18-11-12-7-6-8-13(20-3)14(12)21-15(16)17/h6-8,15,18H,4-5,9-11H2,1-3H3. The van der Waals surface area contributed by atoms with Crippen molar-refractivity contribution in [2.24, 2.45) is 0 Å². The summed E-state index contributed by atoms with van der Waals surface area (Å²) in [6.07, 6.45) is 2.13. The van der Waals surface area contributed by atoms with Crippen molar-refractivity contribution in [2.75, 3.05) is 34.3 Å². The fourth-order valence-electron chi connectivity index (χ4n) is 1.99. The summed E-state index contributed by atoms with van der Waals surface area (Å²) >= 11 is 0. The second-order valence-electron chi connectivity index (χ2n) is 5.01. The Morgan fingerprint density at radius 3 is 2.62 bits per heavy atom. The molecule has 0 atom stereocenters. The lowest BCUT2D eigenvalue weighted by molar-refractivity contribution is -0.0518. The zero-order chi connectivity index (χ0) is 15.7. The molecule has 0 saturated carbocycles. The van der Waals surface area contributed by atoms with Crippen LogP contribution in [0.5, 0.6) is 11.5 Å². The Hall–Kier alpha value is -1.40. The van der Waals surface area contributed by atoms with E-state index in [0.717, 1.165) is 25.9 Å². The molecule has 0 amide bonds. The highest BCUT2D eigenvalue weighted by Crippen LogP contribution is 2.32. The molecule has 0 saturated heterocycles. The van der Waals surface area contributed by atoms with Crippen LogP contribution in [0.3, 0.4) is 0 Å². The van der Waals surface area contributed by atoms with E-state index in [4.69, 9.17) is 4.74 Å². The van der Waals surface area contributed by atoms with Crippen molar-refractivity contribution in [3.63, 3.8) is 0 Å². The van der Waals surface area contributed by atoms with Crippen molar-refractivity contribution in [3.05, 3.63) is 23.8 Å². The molecule has 0 aliphatic carbocycles. The van der Waals surface area contributed by atoms with E-state index in [-0.39, 0.29) is 5.75 Å². The number of methoxy groups -OCH3 is 1. The molecule has 0 spiro atoms. The number of nitrogens with zero attached hydrogens (tertiary/aromatic N) is 1. The Kier molecular flexibility index (Phi) is 8.00. The average Bonchev–Trinajstić information content (AvgIpc) is 2.43. The lowest BCUT2D eigenvalue weighted by Crippen LogP contribution is -2.19. The second-order valence-corrected chi connectivity index (χ2v) is 5.01. The summed E-state index contributed by atoms with van der Waals surface area (Å²) in [5, 5.41) is 3.24. The highest BCUT2D eigenvalue weighted by atomic mass is 19.3. The van der Waals surface area contributed by atoms with Crippen LogP contribution in [0, 0.1) is 0 Å². The van der Waals surface area contributed by atoms with Gasteiger partial charge in [0.2, 0.25) is 0 Å². The normalized spacial score (nSPS) is 11.2. The van der Waals surface area contributed by atoms with Crippen molar-refractivity contribution < 1.29 is 18.3 Å². The van der Waals surface area contributed by atoms with Crippen LogP contribution >= 0.6 is 0 Å². The van der Waals surface area contributed by atoms with Gasteiger partial charge in [0.25, 0.3) is 0 Å². The second kappa shape index (κ2) is 9.52. The summed E-state index contributed by atoms with van der Waals surface area (Å²) in [6.45, 7) is -0.513. The fourth-order valence-corrected chi connectivity index (χ4v) is 1.99. The van der Waals surface area contributed by atoms with Gasteiger partial charge in [-0.2, -0.15) is 8.78 Å². The Morgan fingerprint density at radius 2 is 2.00 bits per heavy atom. The molecule has 0 aromatic heterocycles. The van der Waals surface area contributed by atoms with E-state index in [1.807, 2.05) is 14.1 Å². The molecule has 1 N–H and O–H groups in total. The maximum atomic E-state index is 12.5. The number of para-hydroxylation sites is 1. The lowest BCUT2D eigenvalue weighted by atomic mass is 10.2. The molecule has 1 aromatic rings. The molecule has 1 aromatic carbocycles. The van der Waals surface area contributed by atoms with E-state index < -0.39 is 6.61 Å². The number of ether oxygens (including phenoxy) is 2. The van der Waals surface area contributed by atoms with Gasteiger partial charge in [0.15, 0.2) is 11.5 Å². The van der Waals surface area contributed by atoms with E-state index in [1.165, 1.54) is 7.11 Å². The molecule has 0 radical (unpaired) electrons. The molecule has 1 rings (SSSR count). The highest BCUT2D eigenvalue weighted by Gasteiger charge is 2.14. The van der Waals surface area contributed by atoms with Crippen LogP contribution in [0.25, 0.3) is 0 Å². The maximum absolute atomic E-state index is 12.5. The summed E-state index contributed by atoms with van der Waals surface area (Å²) in [6, 6.07) is 5.13. The van der Waals surface area contributed by atoms with Gasteiger partial charge in [0.1, 0.15) is 0 Å². The number of benzene rings is 1. The summed E-state index contributed by atoms with van der Waals surface area (Å²) in [5.41, 5.74) is 0.669. The van der Waals surface area contributed by atoms with Gasteiger partial charge in [-0.15, -0.1) is 0 Å². The Morgan fingerprint density at radius 1 is 1.24 bits per heavy atom. The summed E-state index contributed by atoms with van der Waals surface area (Å²) in [7, 11) is 5.52. The predicted octanol–water partition coefficient (Wildman–Crippen LogP) is 2.73. The summed E-state index contributed by atoms with van der Waals surface area (Å²) in [4.78, 5) is 2.14. The average molecular weight is 302 g/mol. The van der Waals surface area contributed by atoms with Crippen LogP contribution in [-0.2, 0) is 6.54 Å². The molecule has 0 bridgehead atoms. The van der Waals surface area contributed by atoms with Crippen molar-refractivity contribution in [1.29, 1.82) is 0 Å². The van der Waals surface area contributed by atoms with Gasteiger partial charge in [0, 0.05) is 12.1 Å². The largest absolute Gasteiger partial charge is 0.493 e. The SMILES string of the molecule is COc1cccc(CNCCCCN(C)C)c1OC(F)F. The van der Waals surface area contributed by atoms with Crippen LogP contribution in [0.1, 0.15) is 18.4 Å². The molecule has 0 aliphatic heterocycles. The van der Waals surface area contributed by atoms with Crippen molar-refractivity contribution in [3.8, 4) is 11.5 Å². The lowest BCUT2D eigenvalue weighted by Gasteiger charge is -2.15. The molecular formula is C15H24F2N2O2. The quantitative estimate of drug-likeness (QED) is 0.674. The minimum absolute atomic E-state index is 0.107. The number of rotatable bonds is 10. The third-order valence-electron chi connectivity index (χ3n) is 3.01. The third kappa shape index (κ3) is 6.73. The number of nitrogens with one attached hydrogen (secondary N) is 1. The van der Waals surface area contributed by atoms with E-state index in [2.05, 4.69) is 15.0 Å². The number of halogens is 2. The van der Waals surface area contributed by atoms with Crippen LogP contribution in [-0.4, -0.2) is 45.8 Å². The monoisotopic (exact) mass is 302 g/mol.